The molecule has 0 fully saturated rings. The first kappa shape index (κ1) is 13.9. The van der Waals surface area contributed by atoms with Gasteiger partial charge in [-0.25, -0.2) is 0 Å². The van der Waals surface area contributed by atoms with Crippen LogP contribution in [0.2, 0.25) is 0 Å². The Morgan fingerprint density at radius 2 is 1.88 bits per heavy atom. The molecule has 17 heavy (non-hydrogen) atoms. The van der Waals surface area contributed by atoms with E-state index >= 15 is 0 Å². The number of benzene rings is 1. The van der Waals surface area contributed by atoms with Crippen molar-refractivity contribution in [3.05, 3.63) is 35.4 Å². The van der Waals surface area contributed by atoms with Gasteiger partial charge in [-0.2, -0.15) is 0 Å². The highest BCUT2D eigenvalue weighted by molar-refractivity contribution is 5.97. The molecule has 1 rings (SSSR count). The molecule has 0 aliphatic rings. The fourth-order valence-corrected chi connectivity index (χ4v) is 1.52. The minimum absolute atomic E-state index is 0.0197. The number of nitrogens with two attached hydrogens (primary N) is 1. The Hall–Kier alpha value is -1.19. The minimum Gasteiger partial charge on any atom is -0.379 e. The van der Waals surface area contributed by atoms with E-state index in [-0.39, 0.29) is 17.9 Å². The van der Waals surface area contributed by atoms with Crippen molar-refractivity contribution in [3.63, 3.8) is 0 Å². The maximum Gasteiger partial charge on any atom is 0.176 e. The zero-order valence-corrected chi connectivity index (χ0v) is 10.8. The molecule has 1 aromatic rings. The number of hydrogen-bond donors (Lipinski definition) is 1. The number of rotatable bonds is 6. The average molecular weight is 235 g/mol. The summed E-state index contributed by atoms with van der Waals surface area (Å²) in [5.74, 6) is -0.0197. The standard InChI is InChI=1S/C14H21NO2/c1-14(2,17-3)9-8-11-4-6-12(7-5-11)13(16)10-15/h4-7H,8-10,15H2,1-3H3. The average Bonchev–Trinajstić information content (AvgIpc) is 2.36. The molecule has 0 aliphatic heterocycles. The largest absolute Gasteiger partial charge is 0.379 e. The molecule has 0 aliphatic carbocycles. The molecule has 1 aromatic carbocycles. The van der Waals surface area contributed by atoms with E-state index in [1.807, 2.05) is 24.3 Å². The van der Waals surface area contributed by atoms with Crippen LogP contribution in [0.1, 0.15) is 36.2 Å². The van der Waals surface area contributed by atoms with Gasteiger partial charge in [0.2, 0.25) is 0 Å². The zero-order valence-electron chi connectivity index (χ0n) is 10.8. The van der Waals surface area contributed by atoms with Crippen LogP contribution in [-0.2, 0) is 11.2 Å². The van der Waals surface area contributed by atoms with E-state index in [9.17, 15) is 4.79 Å². The lowest BCUT2D eigenvalue weighted by Crippen LogP contribution is -2.23. The van der Waals surface area contributed by atoms with E-state index in [1.165, 1.54) is 5.56 Å². The number of carbonyl (C=O) groups is 1. The minimum atomic E-state index is -0.105. The second-order valence-corrected chi connectivity index (χ2v) is 4.79. The fraction of sp³-hybridized carbons (Fsp3) is 0.500. The maximum atomic E-state index is 11.3. The van der Waals surface area contributed by atoms with Crippen LogP contribution in [0.3, 0.4) is 0 Å². The van der Waals surface area contributed by atoms with Gasteiger partial charge in [0, 0.05) is 12.7 Å². The topological polar surface area (TPSA) is 52.3 Å². The molecule has 0 amide bonds. The van der Waals surface area contributed by atoms with Gasteiger partial charge in [0.25, 0.3) is 0 Å². The number of hydrogen-bond acceptors (Lipinski definition) is 3. The summed E-state index contributed by atoms with van der Waals surface area (Å²) in [6.07, 6.45) is 1.89. The van der Waals surface area contributed by atoms with E-state index in [1.54, 1.807) is 7.11 Å². The van der Waals surface area contributed by atoms with E-state index in [4.69, 9.17) is 10.5 Å². The van der Waals surface area contributed by atoms with Gasteiger partial charge in [0.05, 0.1) is 12.1 Å². The Morgan fingerprint density at radius 1 is 1.29 bits per heavy atom. The molecule has 2 N–H and O–H groups in total. The quantitative estimate of drug-likeness (QED) is 0.769. The van der Waals surface area contributed by atoms with Gasteiger partial charge in [0.15, 0.2) is 5.78 Å². The summed E-state index contributed by atoms with van der Waals surface area (Å²) >= 11 is 0. The highest BCUT2D eigenvalue weighted by Crippen LogP contribution is 2.17. The van der Waals surface area contributed by atoms with Gasteiger partial charge in [-0.3, -0.25) is 4.79 Å². The Kier molecular flexibility index (Phi) is 4.85. The van der Waals surface area contributed by atoms with Crippen LogP contribution >= 0.6 is 0 Å². The lowest BCUT2D eigenvalue weighted by molar-refractivity contribution is 0.0158. The van der Waals surface area contributed by atoms with Crippen LogP contribution in [0.15, 0.2) is 24.3 Å². The molecule has 94 valence electrons. The van der Waals surface area contributed by atoms with Crippen LogP contribution in [0.25, 0.3) is 0 Å². The molecule has 0 atom stereocenters. The van der Waals surface area contributed by atoms with Crippen molar-refractivity contribution in [1.82, 2.24) is 0 Å². The van der Waals surface area contributed by atoms with Gasteiger partial charge in [-0.15, -0.1) is 0 Å². The summed E-state index contributed by atoms with van der Waals surface area (Å²) in [5.41, 5.74) is 7.10. The smallest absolute Gasteiger partial charge is 0.176 e. The van der Waals surface area contributed by atoms with Gasteiger partial charge in [-0.05, 0) is 32.3 Å². The van der Waals surface area contributed by atoms with E-state index in [0.717, 1.165) is 12.8 Å². The number of methoxy groups -OCH3 is 1. The monoisotopic (exact) mass is 235 g/mol. The van der Waals surface area contributed by atoms with Gasteiger partial charge >= 0.3 is 0 Å². The number of ketones is 1. The predicted molar refractivity (Wildman–Crippen MR) is 69.2 cm³/mol. The third-order valence-corrected chi connectivity index (χ3v) is 3.03. The number of aryl methyl sites for hydroxylation is 1. The van der Waals surface area contributed by atoms with Crippen molar-refractivity contribution in [3.8, 4) is 0 Å². The second kappa shape index (κ2) is 5.94. The highest BCUT2D eigenvalue weighted by atomic mass is 16.5. The lowest BCUT2D eigenvalue weighted by Gasteiger charge is -2.22. The SMILES string of the molecule is COC(C)(C)CCc1ccc(C(=O)CN)cc1. The summed E-state index contributed by atoms with van der Waals surface area (Å²) < 4.78 is 5.37. The molecule has 0 bridgehead atoms. The number of Topliss-reactive ketones (excluding diaryl/α,β-unsaturated/α-hetero) is 1. The summed E-state index contributed by atoms with van der Waals surface area (Å²) in [4.78, 5) is 11.3. The first-order valence-electron chi connectivity index (χ1n) is 5.86. The zero-order chi connectivity index (χ0) is 12.9. The molecule has 0 aromatic heterocycles. The van der Waals surface area contributed by atoms with Gasteiger partial charge in [-0.1, -0.05) is 24.3 Å². The molecule has 0 heterocycles. The van der Waals surface area contributed by atoms with Crippen molar-refractivity contribution >= 4 is 5.78 Å². The molecule has 0 saturated carbocycles. The van der Waals surface area contributed by atoms with Crippen LogP contribution < -0.4 is 5.73 Å². The lowest BCUT2D eigenvalue weighted by atomic mass is 9.97. The first-order valence-corrected chi connectivity index (χ1v) is 5.86. The highest BCUT2D eigenvalue weighted by Gasteiger charge is 2.15. The first-order chi connectivity index (χ1) is 7.98. The van der Waals surface area contributed by atoms with Crippen molar-refractivity contribution in [2.75, 3.05) is 13.7 Å². The third kappa shape index (κ3) is 4.29. The molecular formula is C14H21NO2. The van der Waals surface area contributed by atoms with Gasteiger partial charge < -0.3 is 10.5 Å². The summed E-state index contributed by atoms with van der Waals surface area (Å²) in [7, 11) is 1.73. The fourth-order valence-electron chi connectivity index (χ4n) is 1.52. The van der Waals surface area contributed by atoms with Crippen LogP contribution in [0, 0.1) is 0 Å². The molecule has 0 saturated heterocycles. The molecule has 3 heteroatoms. The van der Waals surface area contributed by atoms with Crippen molar-refractivity contribution < 1.29 is 9.53 Å². The predicted octanol–water partition coefficient (Wildman–Crippen LogP) is 2.19. The van der Waals surface area contributed by atoms with Crippen molar-refractivity contribution in [2.24, 2.45) is 5.73 Å². The Labute approximate surface area is 103 Å². The van der Waals surface area contributed by atoms with Crippen LogP contribution in [0.4, 0.5) is 0 Å². The third-order valence-electron chi connectivity index (χ3n) is 3.03. The van der Waals surface area contributed by atoms with E-state index < -0.39 is 0 Å². The molecule has 0 spiro atoms. The van der Waals surface area contributed by atoms with E-state index in [0.29, 0.717) is 5.56 Å². The summed E-state index contributed by atoms with van der Waals surface area (Å²) in [6.45, 7) is 4.20. The number of ether oxygens (including phenoxy) is 1. The molecule has 0 unspecified atom stereocenters. The number of carbonyl (C=O) groups excluding carboxylic acids is 1. The summed E-state index contributed by atoms with van der Waals surface area (Å²) in [6, 6.07) is 7.64. The second-order valence-electron chi connectivity index (χ2n) is 4.79. The molecular weight excluding hydrogens is 214 g/mol. The van der Waals surface area contributed by atoms with E-state index in [2.05, 4.69) is 13.8 Å². The van der Waals surface area contributed by atoms with Crippen molar-refractivity contribution in [1.29, 1.82) is 0 Å². The Morgan fingerprint density at radius 3 is 2.35 bits per heavy atom. The Balaban J connectivity index is 2.60. The molecule has 3 nitrogen and oxygen atoms in total. The maximum absolute atomic E-state index is 11.3. The van der Waals surface area contributed by atoms with Crippen LogP contribution in [0.5, 0.6) is 0 Å². The summed E-state index contributed by atoms with van der Waals surface area (Å²) in [5, 5.41) is 0. The normalized spacial score (nSPS) is 11.5. The molecule has 0 radical (unpaired) electrons. The Bertz CT molecular complexity index is 368. The van der Waals surface area contributed by atoms with Crippen molar-refractivity contribution in [2.45, 2.75) is 32.3 Å². The van der Waals surface area contributed by atoms with Crippen LogP contribution in [-0.4, -0.2) is 25.0 Å². The van der Waals surface area contributed by atoms with Gasteiger partial charge in [0.1, 0.15) is 0 Å².